The summed E-state index contributed by atoms with van der Waals surface area (Å²) >= 11 is 0. The van der Waals surface area contributed by atoms with Gasteiger partial charge >= 0.3 is 0 Å². The highest BCUT2D eigenvalue weighted by Gasteiger charge is 2.28. The Labute approximate surface area is 163 Å². The third kappa shape index (κ3) is 4.68. The molecule has 2 N–H and O–H groups in total. The molecule has 1 aromatic rings. The zero-order valence-electron chi connectivity index (χ0n) is 16.6. The molecule has 0 amide bonds. The molecule has 3 aliphatic rings. The molecule has 27 heavy (non-hydrogen) atoms. The number of hydrogen-bond donors (Lipinski definition) is 1. The van der Waals surface area contributed by atoms with Gasteiger partial charge in [-0.05, 0) is 32.0 Å². The van der Waals surface area contributed by atoms with E-state index < -0.39 is 0 Å². The summed E-state index contributed by atoms with van der Waals surface area (Å²) in [5, 5.41) is 0. The van der Waals surface area contributed by atoms with E-state index >= 15 is 0 Å². The molecule has 0 spiro atoms. The maximum absolute atomic E-state index is 6.36. The molecule has 6 heteroatoms. The third-order valence-electron chi connectivity index (χ3n) is 6.31. The zero-order valence-corrected chi connectivity index (χ0v) is 16.6. The van der Waals surface area contributed by atoms with Gasteiger partial charge in [-0.25, -0.2) is 0 Å². The number of nitrogens with zero attached hydrogens (tertiary/aromatic N) is 3. The van der Waals surface area contributed by atoms with E-state index in [2.05, 4.69) is 27.8 Å². The van der Waals surface area contributed by atoms with E-state index in [1.807, 2.05) is 12.1 Å². The number of nitrogens with two attached hydrogens (primary N) is 1. The highest BCUT2D eigenvalue weighted by Crippen LogP contribution is 2.34. The first-order chi connectivity index (χ1) is 13.2. The molecule has 150 valence electrons. The molecule has 0 bridgehead atoms. The van der Waals surface area contributed by atoms with Gasteiger partial charge in [0, 0.05) is 69.9 Å². The van der Waals surface area contributed by atoms with Crippen LogP contribution >= 0.6 is 0 Å². The lowest BCUT2D eigenvalue weighted by molar-refractivity contribution is 0.0257. The lowest BCUT2D eigenvalue weighted by atomic mass is 10.0. The van der Waals surface area contributed by atoms with E-state index in [0.29, 0.717) is 0 Å². The summed E-state index contributed by atoms with van der Waals surface area (Å²) in [4.78, 5) is 7.61. The van der Waals surface area contributed by atoms with Crippen molar-refractivity contribution in [3.63, 3.8) is 0 Å². The Kier molecular flexibility index (Phi) is 6.05. The van der Waals surface area contributed by atoms with E-state index in [1.54, 1.807) is 0 Å². The normalized spacial score (nSPS) is 24.3. The monoisotopic (exact) mass is 374 g/mol. The van der Waals surface area contributed by atoms with Crippen LogP contribution in [0.25, 0.3) is 0 Å². The summed E-state index contributed by atoms with van der Waals surface area (Å²) in [6.07, 6.45) is 4.61. The number of hydrogen-bond acceptors (Lipinski definition) is 6. The average Bonchev–Trinajstić information content (AvgIpc) is 2.70. The van der Waals surface area contributed by atoms with Gasteiger partial charge in [0.2, 0.25) is 0 Å². The van der Waals surface area contributed by atoms with Crippen LogP contribution in [-0.4, -0.2) is 81.5 Å². The fraction of sp³-hybridized carbons (Fsp3) is 0.714. The molecule has 0 aliphatic carbocycles. The maximum atomic E-state index is 6.36. The number of benzene rings is 1. The molecular weight excluding hydrogens is 340 g/mol. The van der Waals surface area contributed by atoms with Gasteiger partial charge in [-0.3, -0.25) is 4.90 Å². The molecule has 0 aromatic heterocycles. The van der Waals surface area contributed by atoms with Crippen molar-refractivity contribution in [2.45, 2.75) is 37.8 Å². The number of ether oxygens (including phenoxy) is 2. The molecule has 3 fully saturated rings. The van der Waals surface area contributed by atoms with Crippen molar-refractivity contribution in [1.29, 1.82) is 0 Å². The number of likely N-dealkylation sites (N-methyl/N-ethyl adjacent to an activating group) is 1. The van der Waals surface area contributed by atoms with Crippen molar-refractivity contribution in [2.24, 2.45) is 0 Å². The zero-order chi connectivity index (χ0) is 18.6. The van der Waals surface area contributed by atoms with E-state index in [9.17, 15) is 0 Å². The molecule has 0 unspecified atom stereocenters. The van der Waals surface area contributed by atoms with Crippen molar-refractivity contribution >= 4 is 11.4 Å². The SMILES string of the molecule is CN1CCN(C2CCN(c3ccc(N)cc3OC3CCOCC3)CC2)CC1. The Morgan fingerprint density at radius 1 is 0.963 bits per heavy atom. The minimum Gasteiger partial charge on any atom is -0.488 e. The first-order valence-corrected chi connectivity index (χ1v) is 10.5. The highest BCUT2D eigenvalue weighted by atomic mass is 16.5. The van der Waals surface area contributed by atoms with Gasteiger partial charge in [-0.1, -0.05) is 0 Å². The van der Waals surface area contributed by atoms with E-state index in [0.717, 1.165) is 56.6 Å². The van der Waals surface area contributed by atoms with Gasteiger partial charge in [0.05, 0.1) is 18.9 Å². The van der Waals surface area contributed by atoms with Crippen LogP contribution in [0.3, 0.4) is 0 Å². The van der Waals surface area contributed by atoms with Crippen molar-refractivity contribution in [3.8, 4) is 5.75 Å². The summed E-state index contributed by atoms with van der Waals surface area (Å²) in [6.45, 7) is 8.57. The summed E-state index contributed by atoms with van der Waals surface area (Å²) in [6, 6.07) is 6.86. The van der Waals surface area contributed by atoms with Crippen LogP contribution in [0.4, 0.5) is 11.4 Å². The minimum atomic E-state index is 0.238. The van der Waals surface area contributed by atoms with Crippen LogP contribution in [0.5, 0.6) is 5.75 Å². The smallest absolute Gasteiger partial charge is 0.145 e. The molecule has 0 saturated carbocycles. The second-order valence-electron chi connectivity index (χ2n) is 8.21. The van der Waals surface area contributed by atoms with Crippen molar-refractivity contribution in [3.05, 3.63) is 18.2 Å². The van der Waals surface area contributed by atoms with Crippen LogP contribution in [0.2, 0.25) is 0 Å². The van der Waals surface area contributed by atoms with Crippen LogP contribution in [-0.2, 0) is 4.74 Å². The fourth-order valence-electron chi connectivity index (χ4n) is 4.52. The number of rotatable bonds is 4. The number of nitrogen functional groups attached to an aromatic ring is 1. The molecule has 3 aliphatic heterocycles. The Hall–Kier alpha value is -1.50. The molecule has 6 nitrogen and oxygen atoms in total. The lowest BCUT2D eigenvalue weighted by Crippen LogP contribution is -2.52. The Morgan fingerprint density at radius 3 is 2.37 bits per heavy atom. The average molecular weight is 375 g/mol. The molecule has 0 atom stereocenters. The maximum Gasteiger partial charge on any atom is 0.145 e. The Morgan fingerprint density at radius 2 is 1.67 bits per heavy atom. The van der Waals surface area contributed by atoms with Gasteiger partial charge in [0.1, 0.15) is 11.9 Å². The molecule has 4 rings (SSSR count). The minimum absolute atomic E-state index is 0.238. The summed E-state index contributed by atoms with van der Waals surface area (Å²) in [7, 11) is 2.22. The predicted octanol–water partition coefficient (Wildman–Crippen LogP) is 2.04. The van der Waals surface area contributed by atoms with Crippen LogP contribution in [0.1, 0.15) is 25.7 Å². The van der Waals surface area contributed by atoms with Crippen LogP contribution < -0.4 is 15.4 Å². The van der Waals surface area contributed by atoms with Crippen molar-refractivity contribution in [1.82, 2.24) is 9.80 Å². The lowest BCUT2D eigenvalue weighted by Gasteiger charge is -2.43. The largest absolute Gasteiger partial charge is 0.488 e. The van der Waals surface area contributed by atoms with Crippen LogP contribution in [0, 0.1) is 0 Å². The quantitative estimate of drug-likeness (QED) is 0.814. The summed E-state index contributed by atoms with van der Waals surface area (Å²) in [5.74, 6) is 0.944. The van der Waals surface area contributed by atoms with Gasteiger partial charge < -0.3 is 25.0 Å². The topological polar surface area (TPSA) is 54.2 Å². The second kappa shape index (κ2) is 8.67. The fourth-order valence-corrected chi connectivity index (χ4v) is 4.52. The summed E-state index contributed by atoms with van der Waals surface area (Å²) < 4.78 is 11.8. The Bertz CT molecular complexity index is 604. The van der Waals surface area contributed by atoms with E-state index in [4.69, 9.17) is 15.2 Å². The number of piperidine rings is 1. The van der Waals surface area contributed by atoms with Gasteiger partial charge in [0.25, 0.3) is 0 Å². The van der Waals surface area contributed by atoms with Crippen LogP contribution in [0.15, 0.2) is 18.2 Å². The van der Waals surface area contributed by atoms with E-state index in [-0.39, 0.29) is 6.10 Å². The van der Waals surface area contributed by atoms with Gasteiger partial charge in [0.15, 0.2) is 0 Å². The summed E-state index contributed by atoms with van der Waals surface area (Å²) in [5.41, 5.74) is 8.03. The predicted molar refractivity (Wildman–Crippen MR) is 110 cm³/mol. The highest BCUT2D eigenvalue weighted by molar-refractivity contribution is 5.64. The van der Waals surface area contributed by atoms with Crippen molar-refractivity contribution < 1.29 is 9.47 Å². The van der Waals surface area contributed by atoms with Gasteiger partial charge in [-0.2, -0.15) is 0 Å². The van der Waals surface area contributed by atoms with E-state index in [1.165, 1.54) is 44.7 Å². The number of piperazine rings is 1. The Balaban J connectivity index is 1.38. The molecule has 1 aromatic carbocycles. The first-order valence-electron chi connectivity index (χ1n) is 10.5. The third-order valence-corrected chi connectivity index (χ3v) is 6.31. The molecule has 3 saturated heterocycles. The van der Waals surface area contributed by atoms with Gasteiger partial charge in [-0.15, -0.1) is 0 Å². The molecule has 0 radical (unpaired) electrons. The number of anilines is 2. The molecule has 3 heterocycles. The second-order valence-corrected chi connectivity index (χ2v) is 8.21. The molecular formula is C21H34N4O2. The standard InChI is InChI=1S/C21H34N4O2/c1-23-10-12-24(13-11-23)18-4-8-25(9-5-18)20-3-2-17(22)16-21(20)27-19-6-14-26-15-7-19/h2-3,16,18-19H,4-15,22H2,1H3. The first kappa shape index (κ1) is 18.8. The van der Waals surface area contributed by atoms with Crippen molar-refractivity contribution in [2.75, 3.05) is 70.2 Å².